The molecule has 0 aliphatic carbocycles. The molecule has 0 unspecified atom stereocenters. The third-order valence-electron chi connectivity index (χ3n) is 2.90. The van der Waals surface area contributed by atoms with Crippen LogP contribution in [0.2, 0.25) is 0 Å². The van der Waals surface area contributed by atoms with Crippen molar-refractivity contribution in [3.63, 3.8) is 0 Å². The number of pyridine rings is 1. The maximum atomic E-state index is 11.8. The molecule has 0 radical (unpaired) electrons. The summed E-state index contributed by atoms with van der Waals surface area (Å²) in [7, 11) is 0. The first-order valence-corrected chi connectivity index (χ1v) is 7.23. The minimum Gasteiger partial charge on any atom is -0.460 e. The zero-order chi connectivity index (χ0) is 17.0. The van der Waals surface area contributed by atoms with Crippen molar-refractivity contribution in [2.45, 2.75) is 32.8 Å². The van der Waals surface area contributed by atoms with Gasteiger partial charge in [-0.25, -0.2) is 4.98 Å². The second-order valence-electron chi connectivity index (χ2n) is 6.12. The van der Waals surface area contributed by atoms with Gasteiger partial charge in [-0.2, -0.15) is 0 Å². The summed E-state index contributed by atoms with van der Waals surface area (Å²) in [6.07, 6.45) is 1.74. The number of hydrogen-bond donors (Lipinski definition) is 2. The lowest BCUT2D eigenvalue weighted by Crippen LogP contribution is -2.24. The molecule has 0 spiro atoms. The van der Waals surface area contributed by atoms with E-state index in [2.05, 4.69) is 4.98 Å². The van der Waals surface area contributed by atoms with Gasteiger partial charge in [-0.15, -0.1) is 0 Å². The van der Waals surface area contributed by atoms with E-state index in [4.69, 9.17) is 20.9 Å². The summed E-state index contributed by atoms with van der Waals surface area (Å²) >= 11 is 0. The molecule has 0 saturated carbocycles. The Labute approximate surface area is 135 Å². The van der Waals surface area contributed by atoms with E-state index in [0.717, 1.165) is 5.56 Å². The van der Waals surface area contributed by atoms with Gasteiger partial charge in [0.25, 0.3) is 0 Å². The lowest BCUT2D eigenvalue weighted by atomic mass is 10.1. The Bertz CT molecular complexity index is 691. The molecule has 0 fully saturated rings. The third-order valence-corrected chi connectivity index (χ3v) is 2.90. The number of benzene rings is 1. The van der Waals surface area contributed by atoms with Gasteiger partial charge in [0.05, 0.1) is 6.42 Å². The second kappa shape index (κ2) is 6.56. The molecule has 0 atom stereocenters. The van der Waals surface area contributed by atoms with E-state index < -0.39 is 5.60 Å². The van der Waals surface area contributed by atoms with Gasteiger partial charge in [-0.1, -0.05) is 12.1 Å². The number of hydrogen-bond acceptors (Lipinski definition) is 6. The first-order valence-electron chi connectivity index (χ1n) is 7.23. The molecule has 1 aromatic heterocycles. The van der Waals surface area contributed by atoms with E-state index in [-0.39, 0.29) is 18.2 Å². The highest BCUT2D eigenvalue weighted by atomic mass is 16.6. The Hall–Kier alpha value is -2.76. The van der Waals surface area contributed by atoms with E-state index in [1.54, 1.807) is 30.3 Å². The van der Waals surface area contributed by atoms with Crippen molar-refractivity contribution in [1.82, 2.24) is 4.98 Å². The van der Waals surface area contributed by atoms with E-state index in [9.17, 15) is 4.79 Å². The van der Waals surface area contributed by atoms with Crippen molar-refractivity contribution in [2.75, 3.05) is 11.5 Å². The Morgan fingerprint density at radius 2 is 1.78 bits per heavy atom. The van der Waals surface area contributed by atoms with E-state index >= 15 is 0 Å². The number of aromatic nitrogens is 1. The van der Waals surface area contributed by atoms with Crippen molar-refractivity contribution in [3.8, 4) is 11.5 Å². The van der Waals surface area contributed by atoms with Crippen LogP contribution in [0.4, 0.5) is 11.5 Å². The molecule has 1 heterocycles. The quantitative estimate of drug-likeness (QED) is 0.841. The van der Waals surface area contributed by atoms with Crippen LogP contribution in [0, 0.1) is 0 Å². The van der Waals surface area contributed by atoms with Gasteiger partial charge in [0.15, 0.2) is 5.75 Å². The number of carbonyl (C=O) groups is 1. The van der Waals surface area contributed by atoms with Crippen LogP contribution in [0.3, 0.4) is 0 Å². The molecule has 0 aliphatic rings. The van der Waals surface area contributed by atoms with Crippen molar-refractivity contribution >= 4 is 17.5 Å². The largest absolute Gasteiger partial charge is 0.460 e. The van der Waals surface area contributed by atoms with E-state index in [1.807, 2.05) is 20.8 Å². The molecule has 6 nitrogen and oxygen atoms in total. The van der Waals surface area contributed by atoms with Crippen molar-refractivity contribution in [3.05, 3.63) is 42.1 Å². The third kappa shape index (κ3) is 4.88. The number of nitrogens with two attached hydrogens (primary N) is 2. The van der Waals surface area contributed by atoms with Crippen LogP contribution in [-0.2, 0) is 16.0 Å². The fourth-order valence-electron chi connectivity index (χ4n) is 1.91. The molecular weight excluding hydrogens is 294 g/mol. The molecule has 6 heteroatoms. The van der Waals surface area contributed by atoms with Gasteiger partial charge in [0, 0.05) is 12.3 Å². The lowest BCUT2D eigenvalue weighted by Gasteiger charge is -2.19. The van der Waals surface area contributed by atoms with Crippen LogP contribution in [0.1, 0.15) is 26.3 Å². The maximum absolute atomic E-state index is 11.8. The highest BCUT2D eigenvalue weighted by Gasteiger charge is 2.16. The number of nitrogens with zero attached hydrogens (tertiary/aromatic N) is 1. The molecule has 122 valence electrons. The van der Waals surface area contributed by atoms with Crippen LogP contribution >= 0.6 is 0 Å². The molecular formula is C17H21N3O3. The monoisotopic (exact) mass is 315 g/mol. The van der Waals surface area contributed by atoms with Gasteiger partial charge < -0.3 is 20.9 Å². The Kier molecular flexibility index (Phi) is 4.74. The summed E-state index contributed by atoms with van der Waals surface area (Å²) in [5, 5.41) is 0. The van der Waals surface area contributed by atoms with Crippen LogP contribution in [0.5, 0.6) is 11.5 Å². The van der Waals surface area contributed by atoms with Crippen molar-refractivity contribution < 1.29 is 14.3 Å². The number of esters is 1. The van der Waals surface area contributed by atoms with Crippen LogP contribution < -0.4 is 16.2 Å². The lowest BCUT2D eigenvalue weighted by molar-refractivity contribution is -0.153. The smallest absolute Gasteiger partial charge is 0.310 e. The van der Waals surface area contributed by atoms with Gasteiger partial charge in [0.2, 0.25) is 0 Å². The summed E-state index contributed by atoms with van der Waals surface area (Å²) in [5.41, 5.74) is 12.1. The summed E-state index contributed by atoms with van der Waals surface area (Å²) < 4.78 is 11.0. The predicted octanol–water partition coefficient (Wildman–Crippen LogP) is 2.92. The highest BCUT2D eigenvalue weighted by molar-refractivity contribution is 5.73. The number of ether oxygens (including phenoxy) is 2. The number of carbonyl (C=O) groups excluding carboxylic acids is 1. The van der Waals surface area contributed by atoms with Crippen LogP contribution in [-0.4, -0.2) is 16.6 Å². The maximum Gasteiger partial charge on any atom is 0.310 e. The van der Waals surface area contributed by atoms with Crippen molar-refractivity contribution in [2.24, 2.45) is 0 Å². The average molecular weight is 315 g/mol. The number of rotatable bonds is 4. The number of nitrogen functional groups attached to an aromatic ring is 2. The second-order valence-corrected chi connectivity index (χ2v) is 6.12. The van der Waals surface area contributed by atoms with Crippen LogP contribution in [0.25, 0.3) is 0 Å². The molecule has 2 aromatic rings. The van der Waals surface area contributed by atoms with E-state index in [1.165, 1.54) is 6.20 Å². The molecule has 23 heavy (non-hydrogen) atoms. The van der Waals surface area contributed by atoms with Gasteiger partial charge >= 0.3 is 5.97 Å². The highest BCUT2D eigenvalue weighted by Crippen LogP contribution is 2.30. The van der Waals surface area contributed by atoms with Gasteiger partial charge in [-0.3, -0.25) is 4.79 Å². The molecule has 2 rings (SSSR count). The normalized spacial score (nSPS) is 11.1. The Morgan fingerprint density at radius 1 is 1.13 bits per heavy atom. The van der Waals surface area contributed by atoms with Gasteiger partial charge in [0.1, 0.15) is 22.9 Å². The number of anilines is 2. The molecule has 0 saturated heterocycles. The fourth-order valence-corrected chi connectivity index (χ4v) is 1.91. The van der Waals surface area contributed by atoms with Crippen LogP contribution in [0.15, 0.2) is 36.5 Å². The zero-order valence-electron chi connectivity index (χ0n) is 13.5. The Balaban J connectivity index is 2.02. The zero-order valence-corrected chi connectivity index (χ0v) is 13.5. The molecule has 4 N–H and O–H groups in total. The fraction of sp³-hybridized carbons (Fsp3) is 0.294. The Morgan fingerprint density at radius 3 is 2.39 bits per heavy atom. The SMILES string of the molecule is CC(C)(C)OC(=O)Cc1ccc(Oc2ccnc(N)c2N)cc1. The van der Waals surface area contributed by atoms with Crippen molar-refractivity contribution in [1.29, 1.82) is 0 Å². The topological polar surface area (TPSA) is 100 Å². The predicted molar refractivity (Wildman–Crippen MR) is 89.1 cm³/mol. The first-order chi connectivity index (χ1) is 10.7. The minimum absolute atomic E-state index is 0.210. The summed E-state index contributed by atoms with van der Waals surface area (Å²) in [6, 6.07) is 8.77. The summed E-state index contributed by atoms with van der Waals surface area (Å²) in [6.45, 7) is 5.52. The molecule has 1 aromatic carbocycles. The molecule has 0 bridgehead atoms. The summed E-state index contributed by atoms with van der Waals surface area (Å²) in [5.74, 6) is 0.994. The standard InChI is InChI=1S/C17H21N3O3/c1-17(2,3)23-14(21)10-11-4-6-12(7-5-11)22-13-8-9-20-16(19)15(13)18/h4-9H,10,18H2,1-3H3,(H2,19,20). The first kappa shape index (κ1) is 16.6. The average Bonchev–Trinajstić information content (AvgIpc) is 2.44. The van der Waals surface area contributed by atoms with E-state index in [0.29, 0.717) is 17.2 Å². The minimum atomic E-state index is -0.487. The molecule has 0 aliphatic heterocycles. The van der Waals surface area contributed by atoms with Gasteiger partial charge in [-0.05, 0) is 38.5 Å². The molecule has 0 amide bonds. The summed E-state index contributed by atoms with van der Waals surface area (Å²) in [4.78, 5) is 15.7.